The first kappa shape index (κ1) is 14.0. The van der Waals surface area contributed by atoms with E-state index in [0.29, 0.717) is 18.5 Å². The highest BCUT2D eigenvalue weighted by Crippen LogP contribution is 2.12. The summed E-state index contributed by atoms with van der Waals surface area (Å²) in [5, 5.41) is 13.7. The molecule has 0 spiro atoms. The average molecular weight is 274 g/mol. The molecule has 0 aliphatic heterocycles. The summed E-state index contributed by atoms with van der Waals surface area (Å²) in [6.45, 7) is 4.14. The molecule has 2 aromatic rings. The SMILES string of the molecule is CCCc1nnc(NCc2ccc(NC(C)=O)cc2)o1. The lowest BCUT2D eigenvalue weighted by Gasteiger charge is -2.04. The third-order valence-corrected chi connectivity index (χ3v) is 2.65. The van der Waals surface area contributed by atoms with Gasteiger partial charge in [-0.2, -0.15) is 0 Å². The number of anilines is 2. The molecule has 20 heavy (non-hydrogen) atoms. The summed E-state index contributed by atoms with van der Waals surface area (Å²) in [6.07, 6.45) is 1.77. The van der Waals surface area contributed by atoms with Gasteiger partial charge in [-0.05, 0) is 24.1 Å². The Bertz CT molecular complexity index is 563. The summed E-state index contributed by atoms with van der Waals surface area (Å²) in [6, 6.07) is 8.01. The highest BCUT2D eigenvalue weighted by atomic mass is 16.4. The van der Waals surface area contributed by atoms with E-state index in [0.717, 1.165) is 24.1 Å². The Balaban J connectivity index is 1.88. The van der Waals surface area contributed by atoms with Crippen molar-refractivity contribution < 1.29 is 9.21 Å². The zero-order chi connectivity index (χ0) is 14.4. The van der Waals surface area contributed by atoms with Gasteiger partial charge in [-0.15, -0.1) is 5.10 Å². The van der Waals surface area contributed by atoms with Crippen LogP contribution in [0, 0.1) is 0 Å². The van der Waals surface area contributed by atoms with E-state index in [1.54, 1.807) is 0 Å². The van der Waals surface area contributed by atoms with Crippen LogP contribution in [0.5, 0.6) is 0 Å². The molecule has 1 aromatic heterocycles. The van der Waals surface area contributed by atoms with E-state index in [1.807, 2.05) is 24.3 Å². The minimum atomic E-state index is -0.0785. The van der Waals surface area contributed by atoms with Gasteiger partial charge in [0.2, 0.25) is 11.8 Å². The molecule has 0 saturated heterocycles. The molecule has 0 bridgehead atoms. The van der Waals surface area contributed by atoms with Crippen LogP contribution >= 0.6 is 0 Å². The number of hydrogen-bond acceptors (Lipinski definition) is 5. The third-order valence-electron chi connectivity index (χ3n) is 2.65. The second-order valence-corrected chi connectivity index (χ2v) is 4.48. The number of rotatable bonds is 6. The van der Waals surface area contributed by atoms with Gasteiger partial charge in [0.25, 0.3) is 0 Å². The second kappa shape index (κ2) is 6.70. The van der Waals surface area contributed by atoms with Gasteiger partial charge < -0.3 is 15.1 Å². The van der Waals surface area contributed by atoms with Gasteiger partial charge in [0.1, 0.15) is 0 Å². The standard InChI is InChI=1S/C14H18N4O2/c1-3-4-13-17-18-14(20-13)15-9-11-5-7-12(8-6-11)16-10(2)19/h5-8H,3-4,9H2,1-2H3,(H,15,18)(H,16,19). The fourth-order valence-corrected chi connectivity index (χ4v) is 1.73. The van der Waals surface area contributed by atoms with E-state index >= 15 is 0 Å². The summed E-state index contributed by atoms with van der Waals surface area (Å²) < 4.78 is 5.43. The van der Waals surface area contributed by atoms with E-state index in [9.17, 15) is 4.79 Å². The molecule has 0 saturated carbocycles. The van der Waals surface area contributed by atoms with E-state index in [2.05, 4.69) is 27.8 Å². The molecule has 0 atom stereocenters. The van der Waals surface area contributed by atoms with Gasteiger partial charge in [0.15, 0.2) is 0 Å². The molecule has 1 amide bonds. The van der Waals surface area contributed by atoms with Gasteiger partial charge in [0.05, 0.1) is 0 Å². The van der Waals surface area contributed by atoms with Crippen molar-refractivity contribution in [2.45, 2.75) is 33.2 Å². The van der Waals surface area contributed by atoms with Crippen molar-refractivity contribution in [2.24, 2.45) is 0 Å². The molecular formula is C14H18N4O2. The maximum atomic E-state index is 10.9. The van der Waals surface area contributed by atoms with Crippen molar-refractivity contribution in [3.8, 4) is 0 Å². The molecule has 2 N–H and O–H groups in total. The minimum absolute atomic E-state index is 0.0785. The highest BCUT2D eigenvalue weighted by molar-refractivity contribution is 5.88. The van der Waals surface area contributed by atoms with E-state index in [4.69, 9.17) is 4.42 Å². The number of aryl methyl sites for hydroxylation is 1. The Kier molecular flexibility index (Phi) is 4.70. The Labute approximate surface area is 117 Å². The van der Waals surface area contributed by atoms with Crippen LogP contribution in [0.2, 0.25) is 0 Å². The molecular weight excluding hydrogens is 256 g/mol. The van der Waals surface area contributed by atoms with Crippen LogP contribution < -0.4 is 10.6 Å². The quantitative estimate of drug-likeness (QED) is 0.846. The van der Waals surface area contributed by atoms with Gasteiger partial charge in [-0.3, -0.25) is 4.79 Å². The summed E-state index contributed by atoms with van der Waals surface area (Å²) in [5.74, 6) is 0.571. The van der Waals surface area contributed by atoms with Crippen LogP contribution in [0.1, 0.15) is 31.7 Å². The Morgan fingerprint density at radius 2 is 2.00 bits per heavy atom. The topological polar surface area (TPSA) is 80.0 Å². The van der Waals surface area contributed by atoms with Crippen molar-refractivity contribution in [1.82, 2.24) is 10.2 Å². The van der Waals surface area contributed by atoms with Crippen molar-refractivity contribution in [2.75, 3.05) is 10.6 Å². The van der Waals surface area contributed by atoms with Crippen LogP contribution in [-0.2, 0) is 17.8 Å². The number of carbonyl (C=O) groups excluding carboxylic acids is 1. The number of amides is 1. The van der Waals surface area contributed by atoms with Gasteiger partial charge in [-0.25, -0.2) is 0 Å². The fourth-order valence-electron chi connectivity index (χ4n) is 1.73. The number of carbonyl (C=O) groups is 1. The molecule has 1 heterocycles. The van der Waals surface area contributed by atoms with E-state index in [-0.39, 0.29) is 5.91 Å². The maximum Gasteiger partial charge on any atom is 0.315 e. The van der Waals surface area contributed by atoms with Crippen LogP contribution in [0.25, 0.3) is 0 Å². The molecule has 0 aliphatic rings. The van der Waals surface area contributed by atoms with Crippen LogP contribution in [0.15, 0.2) is 28.7 Å². The van der Waals surface area contributed by atoms with Crippen LogP contribution in [-0.4, -0.2) is 16.1 Å². The fraction of sp³-hybridized carbons (Fsp3) is 0.357. The normalized spacial score (nSPS) is 10.3. The zero-order valence-corrected chi connectivity index (χ0v) is 11.6. The maximum absolute atomic E-state index is 10.9. The van der Waals surface area contributed by atoms with Gasteiger partial charge >= 0.3 is 6.01 Å². The van der Waals surface area contributed by atoms with Crippen molar-refractivity contribution in [3.63, 3.8) is 0 Å². The van der Waals surface area contributed by atoms with E-state index in [1.165, 1.54) is 6.92 Å². The number of aromatic nitrogens is 2. The molecule has 2 rings (SSSR count). The molecule has 106 valence electrons. The lowest BCUT2D eigenvalue weighted by molar-refractivity contribution is -0.114. The largest absolute Gasteiger partial charge is 0.408 e. The molecule has 0 fully saturated rings. The first-order valence-electron chi connectivity index (χ1n) is 6.60. The predicted octanol–water partition coefficient (Wildman–Crippen LogP) is 2.59. The number of benzene rings is 1. The number of hydrogen-bond donors (Lipinski definition) is 2. The molecule has 6 nitrogen and oxygen atoms in total. The first-order chi connectivity index (χ1) is 9.67. The molecule has 6 heteroatoms. The summed E-state index contributed by atoms with van der Waals surface area (Å²) in [5.41, 5.74) is 1.85. The minimum Gasteiger partial charge on any atom is -0.408 e. The molecule has 0 unspecified atom stereocenters. The average Bonchev–Trinajstić information content (AvgIpc) is 2.86. The van der Waals surface area contributed by atoms with Gasteiger partial charge in [-0.1, -0.05) is 24.2 Å². The molecule has 1 aromatic carbocycles. The van der Waals surface area contributed by atoms with Crippen molar-refractivity contribution in [3.05, 3.63) is 35.7 Å². The van der Waals surface area contributed by atoms with E-state index < -0.39 is 0 Å². The summed E-state index contributed by atoms with van der Waals surface area (Å²) >= 11 is 0. The highest BCUT2D eigenvalue weighted by Gasteiger charge is 2.04. The Morgan fingerprint density at radius 3 is 2.65 bits per heavy atom. The van der Waals surface area contributed by atoms with Crippen LogP contribution in [0.3, 0.4) is 0 Å². The number of nitrogens with one attached hydrogen (secondary N) is 2. The van der Waals surface area contributed by atoms with Crippen molar-refractivity contribution in [1.29, 1.82) is 0 Å². The smallest absolute Gasteiger partial charge is 0.315 e. The lowest BCUT2D eigenvalue weighted by Crippen LogP contribution is -2.06. The summed E-state index contributed by atoms with van der Waals surface area (Å²) in [4.78, 5) is 10.9. The Morgan fingerprint density at radius 1 is 1.25 bits per heavy atom. The van der Waals surface area contributed by atoms with Gasteiger partial charge in [0, 0.05) is 25.6 Å². The number of nitrogens with zero attached hydrogens (tertiary/aromatic N) is 2. The Hall–Kier alpha value is -2.37. The molecule has 0 aliphatic carbocycles. The van der Waals surface area contributed by atoms with Crippen LogP contribution in [0.4, 0.5) is 11.7 Å². The monoisotopic (exact) mass is 274 g/mol. The molecule has 0 radical (unpaired) electrons. The zero-order valence-electron chi connectivity index (χ0n) is 11.6. The predicted molar refractivity (Wildman–Crippen MR) is 76.4 cm³/mol. The van der Waals surface area contributed by atoms with Crippen molar-refractivity contribution >= 4 is 17.6 Å². The third kappa shape index (κ3) is 4.08. The lowest BCUT2D eigenvalue weighted by atomic mass is 10.2. The second-order valence-electron chi connectivity index (χ2n) is 4.48. The summed E-state index contributed by atoms with van der Waals surface area (Å²) in [7, 11) is 0. The first-order valence-corrected chi connectivity index (χ1v) is 6.60.